The summed E-state index contributed by atoms with van der Waals surface area (Å²) >= 11 is 12.2. The van der Waals surface area contributed by atoms with Gasteiger partial charge in [-0.3, -0.25) is 4.31 Å². The van der Waals surface area contributed by atoms with Crippen LogP contribution in [0.25, 0.3) is 0 Å². The summed E-state index contributed by atoms with van der Waals surface area (Å²) < 4.78 is 38.2. The monoisotopic (exact) mass is 387 g/mol. The van der Waals surface area contributed by atoms with Gasteiger partial charge in [0.25, 0.3) is 10.0 Å². The second-order valence-electron chi connectivity index (χ2n) is 5.07. The molecule has 1 aliphatic rings. The summed E-state index contributed by atoms with van der Waals surface area (Å²) in [5.41, 5.74) is 0.335. The summed E-state index contributed by atoms with van der Waals surface area (Å²) in [6.45, 7) is 2.76. The first kappa shape index (κ1) is 17.2. The van der Waals surface area contributed by atoms with Crippen molar-refractivity contribution >= 4 is 38.9 Å². The van der Waals surface area contributed by atoms with E-state index in [9.17, 15) is 8.42 Å². The lowest BCUT2D eigenvalue weighted by atomic mass is 10.3. The minimum Gasteiger partial charge on any atom is -0.486 e. The molecule has 8 heteroatoms. The zero-order valence-corrected chi connectivity index (χ0v) is 15.2. The Hall–Kier alpha value is -1.63. The highest BCUT2D eigenvalue weighted by Gasteiger charge is 2.27. The zero-order valence-electron chi connectivity index (χ0n) is 12.8. The van der Waals surface area contributed by atoms with Gasteiger partial charge in [0, 0.05) is 17.6 Å². The number of rotatable bonds is 4. The molecule has 0 saturated carbocycles. The first-order chi connectivity index (χ1) is 11.4. The van der Waals surface area contributed by atoms with E-state index in [0.29, 0.717) is 40.4 Å². The van der Waals surface area contributed by atoms with Crippen molar-refractivity contribution in [3.63, 3.8) is 0 Å². The molecule has 0 spiro atoms. The number of anilines is 1. The molecule has 0 saturated heterocycles. The zero-order chi connectivity index (χ0) is 17.3. The quantitative estimate of drug-likeness (QED) is 0.795. The highest BCUT2D eigenvalue weighted by Crippen LogP contribution is 2.36. The lowest BCUT2D eigenvalue weighted by Crippen LogP contribution is -2.31. The van der Waals surface area contributed by atoms with Crippen LogP contribution in [-0.2, 0) is 10.0 Å². The molecule has 0 radical (unpaired) electrons. The van der Waals surface area contributed by atoms with Crippen LogP contribution in [0.4, 0.5) is 5.69 Å². The maximum atomic E-state index is 13.0. The third-order valence-electron chi connectivity index (χ3n) is 3.57. The Morgan fingerprint density at radius 3 is 2.46 bits per heavy atom. The molecule has 3 rings (SSSR count). The van der Waals surface area contributed by atoms with Gasteiger partial charge >= 0.3 is 0 Å². The van der Waals surface area contributed by atoms with E-state index in [-0.39, 0.29) is 11.4 Å². The summed E-state index contributed by atoms with van der Waals surface area (Å²) in [5, 5.41) is 0.715. The fraction of sp³-hybridized carbons (Fsp3) is 0.250. The van der Waals surface area contributed by atoms with Crippen molar-refractivity contribution in [2.24, 2.45) is 0 Å². The van der Waals surface area contributed by atoms with Crippen molar-refractivity contribution in [1.29, 1.82) is 0 Å². The standard InChI is InChI=1S/C16H15Cl2NO4S/c1-2-19(14-9-11(17)3-5-13(14)18)24(20,21)12-4-6-15-16(10-12)23-8-7-22-15/h3-6,9-10H,2,7-8H2,1H3. The Bertz CT molecular complexity index is 870. The van der Waals surface area contributed by atoms with E-state index >= 15 is 0 Å². The molecule has 1 aliphatic heterocycles. The van der Waals surface area contributed by atoms with Gasteiger partial charge in [-0.2, -0.15) is 0 Å². The first-order valence-electron chi connectivity index (χ1n) is 7.31. The third kappa shape index (κ3) is 3.14. The van der Waals surface area contributed by atoms with Crippen LogP contribution in [0.1, 0.15) is 6.92 Å². The molecule has 1 heterocycles. The number of nitrogens with zero attached hydrogens (tertiary/aromatic N) is 1. The minimum absolute atomic E-state index is 0.102. The molecule has 0 N–H and O–H groups in total. The van der Waals surface area contributed by atoms with Crippen molar-refractivity contribution in [2.45, 2.75) is 11.8 Å². The van der Waals surface area contributed by atoms with Gasteiger partial charge in [0.15, 0.2) is 11.5 Å². The highest BCUT2D eigenvalue weighted by molar-refractivity contribution is 7.92. The maximum absolute atomic E-state index is 13.0. The summed E-state index contributed by atoms with van der Waals surface area (Å²) in [5.74, 6) is 0.944. The van der Waals surface area contributed by atoms with Gasteiger partial charge in [0.1, 0.15) is 13.2 Å². The van der Waals surface area contributed by atoms with Crippen molar-refractivity contribution in [3.05, 3.63) is 46.4 Å². The molecule has 0 aliphatic carbocycles. The van der Waals surface area contributed by atoms with Crippen LogP contribution < -0.4 is 13.8 Å². The SMILES string of the molecule is CCN(c1cc(Cl)ccc1Cl)S(=O)(=O)c1ccc2c(c1)OCCO2. The van der Waals surface area contributed by atoms with E-state index in [1.807, 2.05) is 0 Å². The van der Waals surface area contributed by atoms with Gasteiger partial charge in [-0.25, -0.2) is 8.42 Å². The Morgan fingerprint density at radius 1 is 1.04 bits per heavy atom. The number of sulfonamides is 1. The van der Waals surface area contributed by atoms with Gasteiger partial charge in [0.2, 0.25) is 0 Å². The molecule has 2 aromatic rings. The first-order valence-corrected chi connectivity index (χ1v) is 9.50. The van der Waals surface area contributed by atoms with Gasteiger partial charge in [-0.05, 0) is 37.3 Å². The molecule has 0 unspecified atom stereocenters. The summed E-state index contributed by atoms with van der Waals surface area (Å²) in [6, 6.07) is 9.26. The Morgan fingerprint density at radius 2 is 1.75 bits per heavy atom. The number of fused-ring (bicyclic) bond motifs is 1. The molecular weight excluding hydrogens is 373 g/mol. The smallest absolute Gasteiger partial charge is 0.264 e. The Balaban J connectivity index is 2.06. The summed E-state index contributed by atoms with van der Waals surface area (Å²) in [6.07, 6.45) is 0. The van der Waals surface area contributed by atoms with Gasteiger partial charge in [-0.15, -0.1) is 0 Å². The molecule has 0 bridgehead atoms. The molecule has 0 amide bonds. The molecule has 0 fully saturated rings. The molecular formula is C16H15Cl2NO4S. The van der Waals surface area contributed by atoms with Crippen molar-refractivity contribution in [1.82, 2.24) is 0 Å². The average Bonchev–Trinajstić information content (AvgIpc) is 2.58. The number of hydrogen-bond acceptors (Lipinski definition) is 4. The van der Waals surface area contributed by atoms with Crippen LogP contribution in [0, 0.1) is 0 Å². The van der Waals surface area contributed by atoms with Crippen molar-refractivity contribution < 1.29 is 17.9 Å². The lowest BCUT2D eigenvalue weighted by molar-refractivity contribution is 0.171. The molecule has 5 nitrogen and oxygen atoms in total. The van der Waals surface area contributed by atoms with E-state index in [4.69, 9.17) is 32.7 Å². The minimum atomic E-state index is -3.82. The maximum Gasteiger partial charge on any atom is 0.264 e. The topological polar surface area (TPSA) is 55.8 Å². The second-order valence-corrected chi connectivity index (χ2v) is 7.78. The second kappa shape index (κ2) is 6.70. The number of benzene rings is 2. The number of hydrogen-bond donors (Lipinski definition) is 0. The van der Waals surface area contributed by atoms with E-state index in [2.05, 4.69) is 0 Å². The molecule has 128 valence electrons. The van der Waals surface area contributed by atoms with E-state index in [1.165, 1.54) is 22.5 Å². The van der Waals surface area contributed by atoms with Gasteiger partial charge < -0.3 is 9.47 Å². The van der Waals surface area contributed by atoms with Crippen molar-refractivity contribution in [3.8, 4) is 11.5 Å². The summed E-state index contributed by atoms with van der Waals surface area (Å²) in [4.78, 5) is 0.102. The van der Waals surface area contributed by atoms with Crippen LogP contribution in [-0.4, -0.2) is 28.2 Å². The fourth-order valence-corrected chi connectivity index (χ4v) is 4.39. The predicted octanol–water partition coefficient (Wildman–Crippen LogP) is 3.98. The van der Waals surface area contributed by atoms with E-state index in [1.54, 1.807) is 25.1 Å². The highest BCUT2D eigenvalue weighted by atomic mass is 35.5. The van der Waals surface area contributed by atoms with Crippen LogP contribution in [0.3, 0.4) is 0 Å². The normalized spacial score (nSPS) is 13.6. The Labute approximate surface area is 150 Å². The lowest BCUT2D eigenvalue weighted by Gasteiger charge is -2.25. The molecule has 0 aromatic heterocycles. The Kier molecular flexibility index (Phi) is 4.80. The van der Waals surface area contributed by atoms with Crippen LogP contribution in [0.2, 0.25) is 10.0 Å². The van der Waals surface area contributed by atoms with E-state index < -0.39 is 10.0 Å². The van der Waals surface area contributed by atoms with Crippen LogP contribution >= 0.6 is 23.2 Å². The molecule has 0 atom stereocenters. The predicted molar refractivity (Wildman–Crippen MR) is 94.1 cm³/mol. The van der Waals surface area contributed by atoms with E-state index in [0.717, 1.165) is 0 Å². The third-order valence-corrected chi connectivity index (χ3v) is 6.01. The number of halogens is 2. The fourth-order valence-electron chi connectivity index (χ4n) is 2.46. The molecule has 24 heavy (non-hydrogen) atoms. The van der Waals surface area contributed by atoms with Crippen molar-refractivity contribution in [2.75, 3.05) is 24.1 Å². The average molecular weight is 388 g/mol. The van der Waals surface area contributed by atoms with Crippen LogP contribution in [0.5, 0.6) is 11.5 Å². The summed E-state index contributed by atoms with van der Waals surface area (Å²) in [7, 11) is -3.82. The largest absolute Gasteiger partial charge is 0.486 e. The molecule has 2 aromatic carbocycles. The number of ether oxygens (including phenoxy) is 2. The van der Waals surface area contributed by atoms with Crippen LogP contribution in [0.15, 0.2) is 41.3 Å². The van der Waals surface area contributed by atoms with Gasteiger partial charge in [-0.1, -0.05) is 23.2 Å². The van der Waals surface area contributed by atoms with Gasteiger partial charge in [0.05, 0.1) is 15.6 Å².